The van der Waals surface area contributed by atoms with Crippen LogP contribution in [0, 0.1) is 0 Å². The molecule has 1 unspecified atom stereocenters. The molecule has 0 bridgehead atoms. The summed E-state index contributed by atoms with van der Waals surface area (Å²) in [6.07, 6.45) is 0. The molecule has 3 rings (SSSR count). The van der Waals surface area contributed by atoms with Gasteiger partial charge in [-0.05, 0) is 31.3 Å². The van der Waals surface area contributed by atoms with Gasteiger partial charge in [-0.2, -0.15) is 0 Å². The number of carbonyl (C=O) groups excluding carboxylic acids is 2. The maximum Gasteiger partial charge on any atom is 0.253 e. The zero-order valence-corrected chi connectivity index (χ0v) is 16.4. The first-order valence-electron chi connectivity index (χ1n) is 8.33. The summed E-state index contributed by atoms with van der Waals surface area (Å²) in [5.74, 6) is -0.0730. The average molecular weight is 405 g/mol. The van der Waals surface area contributed by atoms with E-state index in [0.29, 0.717) is 31.0 Å². The Kier molecular flexibility index (Phi) is 9.32. The number of nitrogens with one attached hydrogen (secondary N) is 2. The van der Waals surface area contributed by atoms with Crippen LogP contribution in [-0.4, -0.2) is 80.6 Å². The molecule has 146 valence electrons. The van der Waals surface area contributed by atoms with Crippen molar-refractivity contribution in [1.82, 2.24) is 15.1 Å². The third kappa shape index (κ3) is 5.82. The van der Waals surface area contributed by atoms with E-state index in [1.165, 1.54) is 0 Å². The smallest absolute Gasteiger partial charge is 0.253 e. The molecule has 2 fully saturated rings. The van der Waals surface area contributed by atoms with Gasteiger partial charge in [-0.15, -0.1) is 24.8 Å². The van der Waals surface area contributed by atoms with Gasteiger partial charge in [0.15, 0.2) is 0 Å². The van der Waals surface area contributed by atoms with Crippen LogP contribution in [0.25, 0.3) is 0 Å². The van der Waals surface area contributed by atoms with Crippen molar-refractivity contribution >= 4 is 42.3 Å². The Hall–Kier alpha value is -1.38. The van der Waals surface area contributed by atoms with Crippen LogP contribution in [0.15, 0.2) is 24.3 Å². The Morgan fingerprint density at radius 1 is 1.12 bits per heavy atom. The van der Waals surface area contributed by atoms with Gasteiger partial charge in [-0.1, -0.05) is 0 Å². The van der Waals surface area contributed by atoms with Crippen LogP contribution >= 0.6 is 24.8 Å². The molecule has 2 N–H and O–H groups in total. The molecule has 2 heterocycles. The lowest BCUT2D eigenvalue weighted by Gasteiger charge is -2.32. The monoisotopic (exact) mass is 404 g/mol. The van der Waals surface area contributed by atoms with Crippen LogP contribution in [0.4, 0.5) is 5.69 Å². The molecule has 0 spiro atoms. The number of likely N-dealkylation sites (N-methyl/N-ethyl adjacent to an activating group) is 1. The fourth-order valence-electron chi connectivity index (χ4n) is 2.85. The second-order valence-corrected chi connectivity index (χ2v) is 6.24. The SMILES string of the molecule is CN1CCN(C(=O)c2ccc(NC(=O)C3COCCN3)cc2)CC1.Cl.Cl. The van der Waals surface area contributed by atoms with Gasteiger partial charge in [0.25, 0.3) is 5.91 Å². The quantitative estimate of drug-likeness (QED) is 0.780. The van der Waals surface area contributed by atoms with Gasteiger partial charge in [-0.3, -0.25) is 9.59 Å². The number of morpholine rings is 1. The maximum absolute atomic E-state index is 12.5. The Bertz CT molecular complexity index is 586. The number of hydrogen-bond donors (Lipinski definition) is 2. The van der Waals surface area contributed by atoms with Crippen molar-refractivity contribution in [3.8, 4) is 0 Å². The predicted octanol–water partition coefficient (Wildman–Crippen LogP) is 0.845. The highest BCUT2D eigenvalue weighted by molar-refractivity contribution is 5.97. The number of hydrogen-bond acceptors (Lipinski definition) is 5. The van der Waals surface area contributed by atoms with Crippen molar-refractivity contribution in [2.75, 3.05) is 58.3 Å². The molecule has 2 saturated heterocycles. The largest absolute Gasteiger partial charge is 0.378 e. The van der Waals surface area contributed by atoms with E-state index in [1.807, 2.05) is 4.90 Å². The highest BCUT2D eigenvalue weighted by Gasteiger charge is 2.22. The van der Waals surface area contributed by atoms with Gasteiger partial charge in [0, 0.05) is 44.0 Å². The summed E-state index contributed by atoms with van der Waals surface area (Å²) in [6, 6.07) is 6.74. The average Bonchev–Trinajstić information content (AvgIpc) is 2.63. The Labute approximate surface area is 166 Å². The lowest BCUT2D eigenvalue weighted by Crippen LogP contribution is -2.48. The molecule has 1 aromatic carbocycles. The van der Waals surface area contributed by atoms with Gasteiger partial charge in [0.05, 0.1) is 13.2 Å². The van der Waals surface area contributed by atoms with Crippen LogP contribution in [0.1, 0.15) is 10.4 Å². The van der Waals surface area contributed by atoms with Crippen molar-refractivity contribution in [2.45, 2.75) is 6.04 Å². The number of ether oxygens (including phenoxy) is 1. The molecule has 1 atom stereocenters. The van der Waals surface area contributed by atoms with E-state index >= 15 is 0 Å². The second kappa shape index (κ2) is 10.7. The van der Waals surface area contributed by atoms with E-state index in [-0.39, 0.29) is 42.7 Å². The lowest BCUT2D eigenvalue weighted by molar-refractivity contribution is -0.120. The van der Waals surface area contributed by atoms with Crippen LogP contribution in [0.3, 0.4) is 0 Å². The van der Waals surface area contributed by atoms with Crippen molar-refractivity contribution in [3.05, 3.63) is 29.8 Å². The van der Waals surface area contributed by atoms with E-state index < -0.39 is 0 Å². The van der Waals surface area contributed by atoms with E-state index in [2.05, 4.69) is 22.6 Å². The first-order valence-corrected chi connectivity index (χ1v) is 8.33. The minimum atomic E-state index is -0.328. The molecule has 2 amide bonds. The van der Waals surface area contributed by atoms with Crippen molar-refractivity contribution < 1.29 is 14.3 Å². The molecule has 2 aliphatic rings. The highest BCUT2D eigenvalue weighted by atomic mass is 35.5. The predicted molar refractivity (Wildman–Crippen MR) is 106 cm³/mol. The maximum atomic E-state index is 12.5. The van der Waals surface area contributed by atoms with Gasteiger partial charge in [-0.25, -0.2) is 0 Å². The summed E-state index contributed by atoms with van der Waals surface area (Å²) in [7, 11) is 2.06. The zero-order chi connectivity index (χ0) is 16.9. The van der Waals surface area contributed by atoms with Gasteiger partial charge in [0.1, 0.15) is 6.04 Å². The second-order valence-electron chi connectivity index (χ2n) is 6.24. The molecule has 0 aliphatic carbocycles. The summed E-state index contributed by atoms with van der Waals surface area (Å²) in [6.45, 7) is 4.99. The number of benzene rings is 1. The number of halogens is 2. The molecule has 7 nitrogen and oxygen atoms in total. The Morgan fingerprint density at radius 3 is 2.35 bits per heavy atom. The molecule has 0 saturated carbocycles. The standard InChI is InChI=1S/C17H24N4O3.2ClH/c1-20-7-9-21(10-8-20)17(23)13-2-4-14(5-3-13)19-16(22)15-12-24-11-6-18-15;;/h2-5,15,18H,6-12H2,1H3,(H,19,22);2*1H. The first kappa shape index (κ1) is 22.7. The minimum absolute atomic E-state index is 0. The molecule has 9 heteroatoms. The minimum Gasteiger partial charge on any atom is -0.378 e. The lowest BCUT2D eigenvalue weighted by atomic mass is 10.1. The number of nitrogens with zero attached hydrogens (tertiary/aromatic N) is 2. The zero-order valence-electron chi connectivity index (χ0n) is 14.8. The topological polar surface area (TPSA) is 73.9 Å². The fourth-order valence-corrected chi connectivity index (χ4v) is 2.85. The first-order chi connectivity index (χ1) is 11.6. The number of rotatable bonds is 3. The van der Waals surface area contributed by atoms with Crippen molar-refractivity contribution in [3.63, 3.8) is 0 Å². The molecule has 1 aromatic rings. The van der Waals surface area contributed by atoms with Crippen molar-refractivity contribution in [1.29, 1.82) is 0 Å². The summed E-state index contributed by atoms with van der Waals surface area (Å²) < 4.78 is 5.29. The molecular formula is C17H26Cl2N4O3. The van der Waals surface area contributed by atoms with Crippen LogP contribution in [-0.2, 0) is 9.53 Å². The van der Waals surface area contributed by atoms with Gasteiger partial charge >= 0.3 is 0 Å². The van der Waals surface area contributed by atoms with E-state index in [4.69, 9.17) is 4.74 Å². The molecule has 0 aromatic heterocycles. The van der Waals surface area contributed by atoms with E-state index in [9.17, 15) is 9.59 Å². The van der Waals surface area contributed by atoms with Gasteiger partial charge < -0.3 is 25.2 Å². The van der Waals surface area contributed by atoms with E-state index in [1.54, 1.807) is 24.3 Å². The van der Waals surface area contributed by atoms with E-state index in [0.717, 1.165) is 26.2 Å². The molecule has 0 radical (unpaired) electrons. The Morgan fingerprint density at radius 2 is 1.77 bits per heavy atom. The number of carbonyl (C=O) groups is 2. The number of amides is 2. The van der Waals surface area contributed by atoms with Crippen molar-refractivity contribution in [2.24, 2.45) is 0 Å². The highest BCUT2D eigenvalue weighted by Crippen LogP contribution is 2.13. The molecule has 26 heavy (non-hydrogen) atoms. The van der Waals surface area contributed by atoms with Gasteiger partial charge in [0.2, 0.25) is 5.91 Å². The summed E-state index contributed by atoms with van der Waals surface area (Å²) in [4.78, 5) is 28.7. The summed E-state index contributed by atoms with van der Waals surface area (Å²) in [5.41, 5.74) is 1.33. The third-order valence-electron chi connectivity index (χ3n) is 4.43. The van der Waals surface area contributed by atoms with Crippen LogP contribution in [0.5, 0.6) is 0 Å². The number of anilines is 1. The van der Waals surface area contributed by atoms with Crippen LogP contribution < -0.4 is 10.6 Å². The molecule has 2 aliphatic heterocycles. The summed E-state index contributed by atoms with van der Waals surface area (Å²) >= 11 is 0. The number of piperazine rings is 1. The molecular weight excluding hydrogens is 379 g/mol. The fraction of sp³-hybridized carbons (Fsp3) is 0.529. The normalized spacial score (nSPS) is 20.5. The third-order valence-corrected chi connectivity index (χ3v) is 4.43. The summed E-state index contributed by atoms with van der Waals surface area (Å²) in [5, 5.41) is 5.96. The Balaban J connectivity index is 0.00000169. The van der Waals surface area contributed by atoms with Crippen LogP contribution in [0.2, 0.25) is 0 Å².